The number of aliphatic carboxylic acids is 1. The smallest absolute Gasteiger partial charge is 0.321 e. The van der Waals surface area contributed by atoms with Crippen LogP contribution in [0.15, 0.2) is 48.5 Å². The van der Waals surface area contributed by atoms with Gasteiger partial charge in [0, 0.05) is 36.6 Å². The normalized spacial score (nSPS) is 15.4. The van der Waals surface area contributed by atoms with Gasteiger partial charge in [-0.3, -0.25) is 9.59 Å². The van der Waals surface area contributed by atoms with Crippen LogP contribution in [-0.4, -0.2) is 61.0 Å². The van der Waals surface area contributed by atoms with Crippen molar-refractivity contribution in [3.05, 3.63) is 48.5 Å². The molecule has 0 saturated carbocycles. The number of nitrogens with zero attached hydrogens (tertiary/aromatic N) is 1. The Morgan fingerprint density at radius 1 is 1.05 bits per heavy atom. The van der Waals surface area contributed by atoms with Crippen molar-refractivity contribution in [2.45, 2.75) is 40.0 Å². The van der Waals surface area contributed by atoms with Crippen LogP contribution in [0.3, 0.4) is 0 Å². The van der Waals surface area contributed by atoms with Gasteiger partial charge in [-0.05, 0) is 57.4 Å². The van der Waals surface area contributed by atoms with E-state index in [4.69, 9.17) is 14.2 Å². The van der Waals surface area contributed by atoms with E-state index in [0.717, 1.165) is 5.69 Å². The van der Waals surface area contributed by atoms with Crippen molar-refractivity contribution >= 4 is 29.3 Å². The topological polar surface area (TPSA) is 126 Å². The van der Waals surface area contributed by atoms with Gasteiger partial charge in [0.2, 0.25) is 0 Å². The second kappa shape index (κ2) is 13.7. The lowest BCUT2D eigenvalue weighted by molar-refractivity contribution is -0.155. The molecule has 0 radical (unpaired) electrons. The highest BCUT2D eigenvalue weighted by molar-refractivity contribution is 5.90. The molecule has 206 valence electrons. The van der Waals surface area contributed by atoms with Crippen molar-refractivity contribution in [3.8, 4) is 11.5 Å². The van der Waals surface area contributed by atoms with Crippen LogP contribution in [0.5, 0.6) is 11.5 Å². The summed E-state index contributed by atoms with van der Waals surface area (Å²) in [6.07, 6.45) is 1.95. The largest absolute Gasteiger partial charge is 0.481 e. The number of hydrogen-bond acceptors (Lipinski definition) is 7. The van der Waals surface area contributed by atoms with Gasteiger partial charge in [-0.25, -0.2) is 4.79 Å². The van der Waals surface area contributed by atoms with Crippen molar-refractivity contribution in [2.24, 2.45) is 11.3 Å². The van der Waals surface area contributed by atoms with Gasteiger partial charge in [0.1, 0.15) is 24.8 Å². The minimum Gasteiger partial charge on any atom is -0.481 e. The molecule has 38 heavy (non-hydrogen) atoms. The molecule has 1 aliphatic heterocycles. The Bertz CT molecular complexity index is 1110. The van der Waals surface area contributed by atoms with Crippen molar-refractivity contribution in [2.75, 3.05) is 43.7 Å². The molecule has 2 aromatic carbocycles. The number of carboxylic acids is 1. The number of likely N-dealkylation sites (tertiary alicyclic amines) is 1. The Balaban J connectivity index is 1.45. The lowest BCUT2D eigenvalue weighted by atomic mass is 9.91. The molecule has 1 fully saturated rings. The van der Waals surface area contributed by atoms with Crippen LogP contribution < -0.4 is 15.4 Å². The Kier molecular flexibility index (Phi) is 10.3. The van der Waals surface area contributed by atoms with Crippen molar-refractivity contribution < 1.29 is 33.7 Å². The van der Waals surface area contributed by atoms with Crippen LogP contribution in [0.4, 0.5) is 16.2 Å². The standard InChI is InChI=1S/C28H37N3O7/c1-4-28(2,3)26(34)37-15-14-36-19-29-21-9-5-11-23(16-21)38-24-12-6-10-22(17-24)30-27(35)31-13-7-8-20(18-31)25(32)33/h5-6,9-12,16-17,20,29H,4,7-8,13-15,18-19H2,1-3H3,(H,30,35)(H,32,33). The maximum Gasteiger partial charge on any atom is 0.321 e. The molecule has 1 heterocycles. The molecule has 1 unspecified atom stereocenters. The fraction of sp³-hybridized carbons (Fsp3) is 0.464. The first-order valence-corrected chi connectivity index (χ1v) is 12.8. The first kappa shape index (κ1) is 28.8. The summed E-state index contributed by atoms with van der Waals surface area (Å²) in [7, 11) is 0. The SMILES string of the molecule is CCC(C)(C)C(=O)OCCOCNc1cccc(Oc2cccc(NC(=O)N3CCCC(C(=O)O)C3)c2)c1. The summed E-state index contributed by atoms with van der Waals surface area (Å²) in [6.45, 7) is 7.09. The van der Waals surface area contributed by atoms with Gasteiger partial charge in [0.15, 0.2) is 0 Å². The van der Waals surface area contributed by atoms with E-state index in [0.29, 0.717) is 43.0 Å². The summed E-state index contributed by atoms with van der Waals surface area (Å²) >= 11 is 0. The van der Waals surface area contributed by atoms with E-state index < -0.39 is 17.3 Å². The van der Waals surface area contributed by atoms with Crippen molar-refractivity contribution in [3.63, 3.8) is 0 Å². The zero-order valence-corrected chi connectivity index (χ0v) is 22.2. The highest BCUT2D eigenvalue weighted by Gasteiger charge is 2.28. The maximum atomic E-state index is 12.6. The minimum atomic E-state index is -0.877. The van der Waals surface area contributed by atoms with Crippen molar-refractivity contribution in [1.82, 2.24) is 4.90 Å². The molecule has 0 bridgehead atoms. The minimum absolute atomic E-state index is 0.192. The molecule has 10 heteroatoms. The molecular formula is C28H37N3O7. The summed E-state index contributed by atoms with van der Waals surface area (Å²) in [4.78, 5) is 37.4. The average Bonchev–Trinajstić information content (AvgIpc) is 2.91. The number of carbonyl (C=O) groups excluding carboxylic acids is 2. The number of ether oxygens (including phenoxy) is 3. The molecule has 1 saturated heterocycles. The first-order valence-electron chi connectivity index (χ1n) is 12.8. The number of rotatable bonds is 12. The van der Waals surface area contributed by atoms with E-state index in [1.165, 1.54) is 4.90 Å². The zero-order valence-electron chi connectivity index (χ0n) is 22.2. The monoisotopic (exact) mass is 527 g/mol. The van der Waals surface area contributed by atoms with E-state index in [-0.39, 0.29) is 38.5 Å². The first-order chi connectivity index (χ1) is 18.2. The van der Waals surface area contributed by atoms with Crippen LogP contribution in [-0.2, 0) is 19.1 Å². The Hall–Kier alpha value is -3.79. The molecule has 0 aliphatic carbocycles. The molecular weight excluding hydrogens is 490 g/mol. The number of hydrogen-bond donors (Lipinski definition) is 3. The molecule has 0 aromatic heterocycles. The quantitative estimate of drug-likeness (QED) is 0.196. The fourth-order valence-corrected chi connectivity index (χ4v) is 3.75. The summed E-state index contributed by atoms with van der Waals surface area (Å²) in [6, 6.07) is 14.0. The van der Waals surface area contributed by atoms with E-state index in [9.17, 15) is 19.5 Å². The molecule has 2 aromatic rings. The van der Waals surface area contributed by atoms with Crippen LogP contribution in [0, 0.1) is 11.3 Å². The van der Waals surface area contributed by atoms with E-state index in [1.807, 2.05) is 45.0 Å². The number of anilines is 2. The molecule has 2 amide bonds. The predicted octanol–water partition coefficient (Wildman–Crippen LogP) is 5.17. The lowest BCUT2D eigenvalue weighted by Crippen LogP contribution is -2.44. The van der Waals surface area contributed by atoms with Crippen LogP contribution >= 0.6 is 0 Å². The second-order valence-electron chi connectivity index (χ2n) is 9.81. The number of nitrogens with one attached hydrogen (secondary N) is 2. The molecule has 0 spiro atoms. The molecule has 3 rings (SSSR count). The van der Waals surface area contributed by atoms with Gasteiger partial charge in [-0.2, -0.15) is 0 Å². The van der Waals surface area contributed by atoms with Gasteiger partial charge < -0.3 is 34.9 Å². The summed E-state index contributed by atoms with van der Waals surface area (Å²) in [5.74, 6) is -0.516. The summed E-state index contributed by atoms with van der Waals surface area (Å²) in [5.41, 5.74) is 0.840. The highest BCUT2D eigenvalue weighted by Crippen LogP contribution is 2.27. The third kappa shape index (κ3) is 8.65. The van der Waals surface area contributed by atoms with Gasteiger partial charge in [0.25, 0.3) is 0 Å². The Labute approximate surface area is 223 Å². The van der Waals surface area contributed by atoms with Gasteiger partial charge in [-0.15, -0.1) is 0 Å². The lowest BCUT2D eigenvalue weighted by Gasteiger charge is -2.30. The fourth-order valence-electron chi connectivity index (χ4n) is 3.75. The molecule has 1 aliphatic rings. The summed E-state index contributed by atoms with van der Waals surface area (Å²) < 4.78 is 16.7. The number of esters is 1. The zero-order chi connectivity index (χ0) is 27.5. The van der Waals surface area contributed by atoms with Gasteiger partial charge in [-0.1, -0.05) is 19.1 Å². The Morgan fingerprint density at radius 3 is 2.42 bits per heavy atom. The molecule has 3 N–H and O–H groups in total. The van der Waals surface area contributed by atoms with Gasteiger partial charge in [0.05, 0.1) is 17.9 Å². The Morgan fingerprint density at radius 2 is 1.74 bits per heavy atom. The van der Waals surface area contributed by atoms with Gasteiger partial charge >= 0.3 is 18.0 Å². The third-order valence-corrected chi connectivity index (χ3v) is 6.49. The summed E-state index contributed by atoms with van der Waals surface area (Å²) in [5, 5.41) is 15.2. The molecule has 10 nitrogen and oxygen atoms in total. The highest BCUT2D eigenvalue weighted by atomic mass is 16.6. The average molecular weight is 528 g/mol. The number of benzene rings is 2. The number of piperidine rings is 1. The van der Waals surface area contributed by atoms with Crippen LogP contribution in [0.25, 0.3) is 0 Å². The maximum absolute atomic E-state index is 12.6. The van der Waals surface area contributed by atoms with E-state index >= 15 is 0 Å². The number of carbonyl (C=O) groups is 3. The third-order valence-electron chi connectivity index (χ3n) is 6.49. The molecule has 1 atom stereocenters. The number of carboxylic acid groups (broad SMARTS) is 1. The van der Waals surface area contributed by atoms with Crippen LogP contribution in [0.2, 0.25) is 0 Å². The van der Waals surface area contributed by atoms with Crippen LogP contribution in [0.1, 0.15) is 40.0 Å². The van der Waals surface area contributed by atoms with E-state index in [1.54, 1.807) is 24.3 Å². The predicted molar refractivity (Wildman–Crippen MR) is 143 cm³/mol. The number of urea groups is 1. The number of amides is 2. The van der Waals surface area contributed by atoms with E-state index in [2.05, 4.69) is 10.6 Å². The van der Waals surface area contributed by atoms with Crippen molar-refractivity contribution in [1.29, 1.82) is 0 Å². The second-order valence-corrected chi connectivity index (χ2v) is 9.81.